The first-order valence-electron chi connectivity index (χ1n) is 10.3. The lowest BCUT2D eigenvalue weighted by Crippen LogP contribution is -2.29. The second-order valence-corrected chi connectivity index (χ2v) is 7.83. The van der Waals surface area contributed by atoms with E-state index in [4.69, 9.17) is 4.52 Å². The predicted molar refractivity (Wildman–Crippen MR) is 120 cm³/mol. The molecule has 0 saturated heterocycles. The largest absolute Gasteiger partial charge is 0.501 e. The molecule has 0 spiro atoms. The van der Waals surface area contributed by atoms with E-state index in [1.807, 2.05) is 32.3 Å². The first kappa shape index (κ1) is 22.5. The van der Waals surface area contributed by atoms with Crippen molar-refractivity contribution in [2.75, 3.05) is 5.32 Å². The number of amides is 1. The zero-order valence-electron chi connectivity index (χ0n) is 18.6. The van der Waals surface area contributed by atoms with Crippen LogP contribution in [0, 0.1) is 11.3 Å². The Morgan fingerprint density at radius 3 is 2.71 bits per heavy atom. The molecule has 1 amide bonds. The summed E-state index contributed by atoms with van der Waals surface area (Å²) in [6.45, 7) is 1.83. The van der Waals surface area contributed by atoms with Gasteiger partial charge in [-0.1, -0.05) is 30.3 Å². The number of nitrogens with one attached hydrogen (secondary N) is 1. The molecule has 11 nitrogen and oxygen atoms in total. The highest BCUT2D eigenvalue weighted by molar-refractivity contribution is 6.04. The number of imidazole rings is 1. The van der Waals surface area contributed by atoms with Crippen molar-refractivity contribution in [3.05, 3.63) is 87.9 Å². The van der Waals surface area contributed by atoms with Crippen molar-refractivity contribution in [2.45, 2.75) is 18.8 Å². The number of anilines is 1. The molecule has 2 N–H and O–H groups in total. The first-order chi connectivity index (χ1) is 16.3. The topological polar surface area (TPSA) is 152 Å². The van der Waals surface area contributed by atoms with Crippen molar-refractivity contribution < 1.29 is 14.4 Å². The van der Waals surface area contributed by atoms with E-state index in [-0.39, 0.29) is 11.5 Å². The highest BCUT2D eigenvalue weighted by atomic mass is 16.5. The molecule has 0 aliphatic heterocycles. The van der Waals surface area contributed by atoms with E-state index >= 15 is 0 Å². The van der Waals surface area contributed by atoms with Crippen LogP contribution >= 0.6 is 0 Å². The second kappa shape index (κ2) is 9.03. The lowest BCUT2D eigenvalue weighted by atomic mass is 9.82. The molecule has 0 aliphatic carbocycles. The second-order valence-electron chi connectivity index (χ2n) is 7.83. The Labute approximate surface area is 193 Å². The van der Waals surface area contributed by atoms with Gasteiger partial charge in [0.1, 0.15) is 17.8 Å². The van der Waals surface area contributed by atoms with Crippen LogP contribution < -0.4 is 10.9 Å². The van der Waals surface area contributed by atoms with Crippen molar-refractivity contribution in [3.63, 3.8) is 0 Å². The molecule has 1 aromatic carbocycles. The molecule has 3 aromatic heterocycles. The van der Waals surface area contributed by atoms with Crippen LogP contribution in [0.2, 0.25) is 0 Å². The Hall–Kier alpha value is -4.72. The summed E-state index contributed by atoms with van der Waals surface area (Å²) < 4.78 is 7.67. The monoisotopic (exact) mass is 459 g/mol. The molecule has 0 fully saturated rings. The number of aromatic hydroxyl groups is 1. The van der Waals surface area contributed by atoms with Crippen LogP contribution in [-0.4, -0.2) is 35.3 Å². The van der Waals surface area contributed by atoms with Gasteiger partial charge >= 0.3 is 0 Å². The SMILES string of the molecule is C[C@H](c1nc(C(=O)Nc2cnoc2)c(O)c(=O)n1C)[C@H](c1cn(C)cn1)c1ccccc1C#N. The minimum atomic E-state index is -0.793. The molecule has 0 saturated carbocycles. The van der Waals surface area contributed by atoms with Crippen LogP contribution in [0.3, 0.4) is 0 Å². The fourth-order valence-electron chi connectivity index (χ4n) is 3.93. The molecule has 4 aromatic rings. The number of nitrogens with zero attached hydrogens (tertiary/aromatic N) is 6. The van der Waals surface area contributed by atoms with Crippen molar-refractivity contribution in [1.82, 2.24) is 24.3 Å². The van der Waals surface area contributed by atoms with Crippen LogP contribution in [0.5, 0.6) is 5.75 Å². The summed E-state index contributed by atoms with van der Waals surface area (Å²) in [7, 11) is 3.30. The normalized spacial score (nSPS) is 12.6. The highest BCUT2D eigenvalue weighted by Crippen LogP contribution is 2.38. The Bertz CT molecular complexity index is 1450. The zero-order valence-corrected chi connectivity index (χ0v) is 18.6. The molecular weight excluding hydrogens is 438 g/mol. The number of hydrogen-bond donors (Lipinski definition) is 2. The molecule has 2 atom stereocenters. The summed E-state index contributed by atoms with van der Waals surface area (Å²) in [4.78, 5) is 34.5. The fraction of sp³-hybridized carbons (Fsp3) is 0.217. The highest BCUT2D eigenvalue weighted by Gasteiger charge is 2.31. The lowest BCUT2D eigenvalue weighted by Gasteiger charge is -2.25. The number of carbonyl (C=O) groups is 1. The number of hydrogen-bond acceptors (Lipinski definition) is 8. The van der Waals surface area contributed by atoms with Gasteiger partial charge in [-0.15, -0.1) is 0 Å². The summed E-state index contributed by atoms with van der Waals surface area (Å²) >= 11 is 0. The molecule has 0 radical (unpaired) electrons. The molecule has 34 heavy (non-hydrogen) atoms. The average Bonchev–Trinajstić information content (AvgIpc) is 3.50. The third-order valence-corrected chi connectivity index (χ3v) is 5.57. The number of carbonyl (C=O) groups excluding carboxylic acids is 1. The van der Waals surface area contributed by atoms with Crippen LogP contribution in [0.4, 0.5) is 5.69 Å². The van der Waals surface area contributed by atoms with Gasteiger partial charge in [0.05, 0.1) is 29.9 Å². The maximum absolute atomic E-state index is 12.8. The Morgan fingerprint density at radius 2 is 2.06 bits per heavy atom. The maximum Gasteiger partial charge on any atom is 0.296 e. The molecule has 0 aliphatic rings. The summed E-state index contributed by atoms with van der Waals surface area (Å²) in [5, 5.41) is 26.1. The zero-order chi connectivity index (χ0) is 24.4. The van der Waals surface area contributed by atoms with Gasteiger partial charge in [0, 0.05) is 32.1 Å². The van der Waals surface area contributed by atoms with Crippen molar-refractivity contribution in [3.8, 4) is 11.8 Å². The number of aryl methyl sites for hydroxylation is 1. The smallest absolute Gasteiger partial charge is 0.296 e. The van der Waals surface area contributed by atoms with Gasteiger partial charge in [0.2, 0.25) is 5.75 Å². The molecule has 4 rings (SSSR count). The lowest BCUT2D eigenvalue weighted by molar-refractivity contribution is 0.101. The van der Waals surface area contributed by atoms with Gasteiger partial charge in [-0.3, -0.25) is 14.2 Å². The van der Waals surface area contributed by atoms with Gasteiger partial charge in [-0.2, -0.15) is 5.26 Å². The van der Waals surface area contributed by atoms with E-state index in [0.29, 0.717) is 16.8 Å². The Balaban J connectivity index is 1.85. The molecule has 172 valence electrons. The van der Waals surface area contributed by atoms with E-state index in [1.54, 1.807) is 23.0 Å². The maximum atomic E-state index is 12.8. The Kier molecular flexibility index (Phi) is 5.97. The van der Waals surface area contributed by atoms with Gasteiger partial charge in [0.15, 0.2) is 5.69 Å². The van der Waals surface area contributed by atoms with Gasteiger partial charge in [0.25, 0.3) is 11.5 Å². The van der Waals surface area contributed by atoms with E-state index in [1.165, 1.54) is 24.1 Å². The minimum absolute atomic E-state index is 0.238. The first-order valence-corrected chi connectivity index (χ1v) is 10.3. The van der Waals surface area contributed by atoms with Crippen LogP contribution in [-0.2, 0) is 14.1 Å². The molecule has 0 unspecified atom stereocenters. The standard InChI is InChI=1S/C23H21N7O4/c1-13(18(17-10-29(2)12-25-17)16-7-5-4-6-14(16)8-24)21-28-19(20(31)23(33)30(21)3)22(32)27-15-9-26-34-11-15/h4-7,9-13,18,31H,1-3H3,(H,27,32)/t13-,18-/m0/s1. The van der Waals surface area contributed by atoms with Crippen LogP contribution in [0.25, 0.3) is 0 Å². The minimum Gasteiger partial charge on any atom is -0.501 e. The molecule has 11 heteroatoms. The van der Waals surface area contributed by atoms with Crippen molar-refractivity contribution >= 4 is 11.6 Å². The van der Waals surface area contributed by atoms with Crippen molar-refractivity contribution in [2.24, 2.45) is 14.1 Å². The molecular formula is C23H21N7O4. The summed E-state index contributed by atoms with van der Waals surface area (Å²) in [6.07, 6.45) is 5.95. The third-order valence-electron chi connectivity index (χ3n) is 5.57. The van der Waals surface area contributed by atoms with Crippen molar-refractivity contribution in [1.29, 1.82) is 5.26 Å². The van der Waals surface area contributed by atoms with Crippen LogP contribution in [0.1, 0.15) is 51.9 Å². The summed E-state index contributed by atoms with van der Waals surface area (Å²) in [6, 6.07) is 9.33. The van der Waals surface area contributed by atoms with E-state index < -0.39 is 34.7 Å². The molecule has 0 bridgehead atoms. The number of rotatable bonds is 6. The third kappa shape index (κ3) is 4.04. The van der Waals surface area contributed by atoms with Gasteiger partial charge in [-0.05, 0) is 11.6 Å². The number of benzene rings is 1. The Morgan fingerprint density at radius 1 is 1.29 bits per heavy atom. The van der Waals surface area contributed by atoms with E-state index in [9.17, 15) is 20.0 Å². The fourth-order valence-corrected chi connectivity index (χ4v) is 3.93. The summed E-state index contributed by atoms with van der Waals surface area (Å²) in [5.74, 6) is -2.31. The summed E-state index contributed by atoms with van der Waals surface area (Å²) in [5.41, 5.74) is 0.861. The van der Waals surface area contributed by atoms with E-state index in [0.717, 1.165) is 0 Å². The van der Waals surface area contributed by atoms with Gasteiger partial charge in [-0.25, -0.2) is 9.97 Å². The quantitative estimate of drug-likeness (QED) is 0.445. The number of aromatic nitrogens is 5. The van der Waals surface area contributed by atoms with E-state index in [2.05, 4.69) is 26.5 Å². The van der Waals surface area contributed by atoms with Crippen LogP contribution in [0.15, 0.2) is 58.6 Å². The predicted octanol–water partition coefficient (Wildman–Crippen LogP) is 2.27. The number of nitriles is 1. The average molecular weight is 459 g/mol. The van der Waals surface area contributed by atoms with Gasteiger partial charge < -0.3 is 19.5 Å². The molecule has 3 heterocycles.